The molecule has 3 aromatic carbocycles. The molecule has 1 heterocycles. The average molecular weight is 503 g/mol. The Hall–Kier alpha value is -4.51. The highest BCUT2D eigenvalue weighted by molar-refractivity contribution is 5.77. The van der Waals surface area contributed by atoms with Crippen LogP contribution in [0.5, 0.6) is 23.0 Å². The van der Waals surface area contributed by atoms with Crippen molar-refractivity contribution in [3.8, 4) is 29.1 Å². The molecule has 2 N–H and O–H groups in total. The van der Waals surface area contributed by atoms with Gasteiger partial charge in [-0.05, 0) is 49.7 Å². The van der Waals surface area contributed by atoms with Crippen molar-refractivity contribution in [3.05, 3.63) is 95.1 Å². The summed E-state index contributed by atoms with van der Waals surface area (Å²) in [6.07, 6.45) is 0.949. The summed E-state index contributed by atoms with van der Waals surface area (Å²) in [4.78, 5) is 12.6. The fourth-order valence-corrected chi connectivity index (χ4v) is 3.96. The van der Waals surface area contributed by atoms with Gasteiger partial charge < -0.3 is 24.7 Å². The molecule has 0 spiro atoms. The Morgan fingerprint density at radius 1 is 1.11 bits per heavy atom. The summed E-state index contributed by atoms with van der Waals surface area (Å²) in [5.74, 6) is -0.0109. The van der Waals surface area contributed by atoms with Gasteiger partial charge in [0.25, 0.3) is 0 Å². The van der Waals surface area contributed by atoms with Crippen LogP contribution in [0.15, 0.2) is 78.2 Å². The number of nitrogens with two attached hydrogens (primary N) is 1. The number of benzene rings is 3. The molecule has 0 saturated heterocycles. The maximum Gasteiger partial charge on any atom is 0.352 e. The van der Waals surface area contributed by atoms with E-state index < -0.39 is 23.8 Å². The van der Waals surface area contributed by atoms with Crippen LogP contribution in [0.3, 0.4) is 0 Å². The molecule has 3 aromatic rings. The highest BCUT2D eigenvalue weighted by Crippen LogP contribution is 2.45. The van der Waals surface area contributed by atoms with Gasteiger partial charge in [-0.1, -0.05) is 37.6 Å². The zero-order valence-electron chi connectivity index (χ0n) is 20.6. The van der Waals surface area contributed by atoms with E-state index in [4.69, 9.17) is 24.7 Å². The SMILES string of the molecule is CCCCOc1ccccc1C1C(C#N)=C(N)Oc2cc(OC(=O)C(C)Oc3ccc(F)cc3)ccc21. The van der Waals surface area contributed by atoms with Crippen molar-refractivity contribution >= 4 is 5.97 Å². The van der Waals surface area contributed by atoms with Gasteiger partial charge in [0.1, 0.15) is 40.5 Å². The number of nitriles is 1. The van der Waals surface area contributed by atoms with E-state index in [0.717, 1.165) is 18.4 Å². The molecule has 0 aromatic heterocycles. The second kappa shape index (κ2) is 11.5. The van der Waals surface area contributed by atoms with Crippen LogP contribution in [0.25, 0.3) is 0 Å². The molecule has 8 heteroatoms. The molecule has 1 aliphatic heterocycles. The maximum absolute atomic E-state index is 13.1. The van der Waals surface area contributed by atoms with E-state index in [2.05, 4.69) is 13.0 Å². The first-order chi connectivity index (χ1) is 17.9. The lowest BCUT2D eigenvalue weighted by Crippen LogP contribution is -2.28. The molecule has 0 aliphatic carbocycles. The lowest BCUT2D eigenvalue weighted by molar-refractivity contribution is -0.141. The van der Waals surface area contributed by atoms with Crippen molar-refractivity contribution in [1.29, 1.82) is 5.26 Å². The number of carbonyl (C=O) groups is 1. The number of hydrogen-bond acceptors (Lipinski definition) is 7. The van der Waals surface area contributed by atoms with E-state index in [1.165, 1.54) is 31.2 Å². The Bertz CT molecular complexity index is 1350. The van der Waals surface area contributed by atoms with Gasteiger partial charge in [0.15, 0.2) is 6.10 Å². The quantitative estimate of drug-likeness (QED) is 0.231. The van der Waals surface area contributed by atoms with E-state index in [0.29, 0.717) is 29.4 Å². The summed E-state index contributed by atoms with van der Waals surface area (Å²) in [5, 5.41) is 9.88. The molecular formula is C29H27FN2O5. The van der Waals surface area contributed by atoms with Crippen LogP contribution in [-0.2, 0) is 4.79 Å². The van der Waals surface area contributed by atoms with Crippen molar-refractivity contribution in [2.45, 2.75) is 38.7 Å². The van der Waals surface area contributed by atoms with Crippen LogP contribution in [0, 0.1) is 17.1 Å². The van der Waals surface area contributed by atoms with Crippen LogP contribution in [0.1, 0.15) is 43.7 Å². The minimum Gasteiger partial charge on any atom is -0.493 e. The summed E-state index contributed by atoms with van der Waals surface area (Å²) in [6.45, 7) is 4.17. The predicted molar refractivity (Wildman–Crippen MR) is 135 cm³/mol. The van der Waals surface area contributed by atoms with E-state index in [1.54, 1.807) is 18.2 Å². The molecule has 1 aliphatic rings. The number of rotatable bonds is 9. The molecule has 190 valence electrons. The number of ether oxygens (including phenoxy) is 4. The number of para-hydroxylation sites is 1. The summed E-state index contributed by atoms with van der Waals surface area (Å²) < 4.78 is 35.9. The predicted octanol–water partition coefficient (Wildman–Crippen LogP) is 5.60. The van der Waals surface area contributed by atoms with Crippen LogP contribution in [0.2, 0.25) is 0 Å². The molecule has 0 radical (unpaired) electrons. The second-order valence-corrected chi connectivity index (χ2v) is 8.50. The largest absolute Gasteiger partial charge is 0.493 e. The lowest BCUT2D eigenvalue weighted by atomic mass is 9.83. The molecular weight excluding hydrogens is 475 g/mol. The molecule has 0 fully saturated rings. The molecule has 0 amide bonds. The number of esters is 1. The third-order valence-electron chi connectivity index (χ3n) is 5.85. The van der Waals surface area contributed by atoms with E-state index in [9.17, 15) is 14.4 Å². The maximum atomic E-state index is 13.1. The Morgan fingerprint density at radius 2 is 1.84 bits per heavy atom. The number of allylic oxidation sites excluding steroid dienone is 1. The lowest BCUT2D eigenvalue weighted by Gasteiger charge is -2.28. The van der Waals surface area contributed by atoms with Crippen molar-refractivity contribution < 1.29 is 28.1 Å². The Kier molecular flexibility index (Phi) is 7.94. The first kappa shape index (κ1) is 25.6. The fourth-order valence-electron chi connectivity index (χ4n) is 3.96. The number of nitrogens with zero attached hydrogens (tertiary/aromatic N) is 1. The number of halogens is 1. The Labute approximate surface area is 214 Å². The highest BCUT2D eigenvalue weighted by atomic mass is 19.1. The zero-order chi connectivity index (χ0) is 26.4. The summed E-state index contributed by atoms with van der Waals surface area (Å²) in [5.41, 5.74) is 7.88. The van der Waals surface area contributed by atoms with Gasteiger partial charge in [-0.2, -0.15) is 5.26 Å². The molecule has 2 atom stereocenters. The number of fused-ring (bicyclic) bond motifs is 1. The van der Waals surface area contributed by atoms with Gasteiger partial charge in [-0.25, -0.2) is 9.18 Å². The van der Waals surface area contributed by atoms with E-state index in [1.807, 2.05) is 24.3 Å². The van der Waals surface area contributed by atoms with Gasteiger partial charge in [0.2, 0.25) is 5.88 Å². The standard InChI is InChI=1S/C29H27FN2O5/c1-3-4-15-34-25-8-6-5-7-22(25)27-23-14-13-21(16-26(23)37-28(32)24(27)17-31)36-29(33)18(2)35-20-11-9-19(30)10-12-20/h5-14,16,18,27H,3-4,15,32H2,1-2H3. The molecule has 4 rings (SSSR count). The van der Waals surface area contributed by atoms with Crippen molar-refractivity contribution in [1.82, 2.24) is 0 Å². The Balaban J connectivity index is 1.58. The van der Waals surface area contributed by atoms with Gasteiger partial charge in [0, 0.05) is 17.2 Å². The molecule has 7 nitrogen and oxygen atoms in total. The second-order valence-electron chi connectivity index (χ2n) is 8.50. The van der Waals surface area contributed by atoms with E-state index >= 15 is 0 Å². The highest BCUT2D eigenvalue weighted by Gasteiger charge is 2.33. The first-order valence-corrected chi connectivity index (χ1v) is 12.0. The minimum absolute atomic E-state index is 0.0279. The Morgan fingerprint density at radius 3 is 2.57 bits per heavy atom. The van der Waals surface area contributed by atoms with Crippen LogP contribution >= 0.6 is 0 Å². The van der Waals surface area contributed by atoms with Crippen molar-refractivity contribution in [2.75, 3.05) is 6.61 Å². The van der Waals surface area contributed by atoms with Crippen molar-refractivity contribution in [2.24, 2.45) is 5.73 Å². The normalized spacial score (nSPS) is 15.1. The van der Waals surface area contributed by atoms with Crippen LogP contribution in [-0.4, -0.2) is 18.7 Å². The summed E-state index contributed by atoms with van der Waals surface area (Å²) in [6, 6.07) is 19.9. The molecule has 37 heavy (non-hydrogen) atoms. The van der Waals surface area contributed by atoms with Gasteiger partial charge in [-0.15, -0.1) is 0 Å². The van der Waals surface area contributed by atoms with Gasteiger partial charge >= 0.3 is 5.97 Å². The smallest absolute Gasteiger partial charge is 0.352 e. The third kappa shape index (κ3) is 5.84. The topological polar surface area (TPSA) is 104 Å². The molecule has 0 saturated carbocycles. The number of unbranched alkanes of at least 4 members (excludes halogenated alkanes) is 1. The van der Waals surface area contributed by atoms with Crippen molar-refractivity contribution in [3.63, 3.8) is 0 Å². The zero-order valence-corrected chi connectivity index (χ0v) is 20.6. The van der Waals surface area contributed by atoms with Crippen LogP contribution < -0.4 is 24.7 Å². The fraction of sp³-hybridized carbons (Fsp3) is 0.241. The number of carbonyl (C=O) groups excluding carboxylic acids is 1. The average Bonchev–Trinajstić information content (AvgIpc) is 2.89. The third-order valence-corrected chi connectivity index (χ3v) is 5.85. The minimum atomic E-state index is -0.947. The first-order valence-electron chi connectivity index (χ1n) is 12.0. The molecule has 0 bridgehead atoms. The van der Waals surface area contributed by atoms with Gasteiger partial charge in [-0.3, -0.25) is 0 Å². The molecule has 2 unspecified atom stereocenters. The van der Waals surface area contributed by atoms with Crippen LogP contribution in [0.4, 0.5) is 4.39 Å². The van der Waals surface area contributed by atoms with Gasteiger partial charge in [0.05, 0.1) is 12.5 Å². The number of hydrogen-bond donors (Lipinski definition) is 1. The summed E-state index contributed by atoms with van der Waals surface area (Å²) >= 11 is 0. The monoisotopic (exact) mass is 502 g/mol. The summed E-state index contributed by atoms with van der Waals surface area (Å²) in [7, 11) is 0. The van der Waals surface area contributed by atoms with E-state index in [-0.39, 0.29) is 17.2 Å².